The molecule has 1 amide bonds. The van der Waals surface area contributed by atoms with Gasteiger partial charge in [0.05, 0.1) is 19.1 Å². The molecule has 1 saturated carbocycles. The van der Waals surface area contributed by atoms with Gasteiger partial charge in [-0.1, -0.05) is 44.4 Å². The molecule has 1 aliphatic carbocycles. The van der Waals surface area contributed by atoms with E-state index in [0.717, 1.165) is 12.8 Å². The van der Waals surface area contributed by atoms with E-state index >= 15 is 0 Å². The Hall–Kier alpha value is -2.10. The van der Waals surface area contributed by atoms with E-state index in [4.69, 9.17) is 4.74 Å². The van der Waals surface area contributed by atoms with Gasteiger partial charge >= 0.3 is 0 Å². The summed E-state index contributed by atoms with van der Waals surface area (Å²) in [5.74, 6) is -0.0454. The first-order valence-electron chi connectivity index (χ1n) is 9.12. The van der Waals surface area contributed by atoms with Crippen LogP contribution in [0.25, 0.3) is 0 Å². The van der Waals surface area contributed by atoms with Gasteiger partial charge in [-0.15, -0.1) is 0 Å². The fourth-order valence-electron chi connectivity index (χ4n) is 3.30. The smallest absolute Gasteiger partial charge is 0.258 e. The molecule has 1 aromatic rings. The molecule has 2 rings (SSSR count). The van der Waals surface area contributed by atoms with Crippen LogP contribution in [0.3, 0.4) is 0 Å². The van der Waals surface area contributed by atoms with Crippen molar-refractivity contribution in [2.45, 2.75) is 45.4 Å². The van der Waals surface area contributed by atoms with Crippen LogP contribution in [0.5, 0.6) is 0 Å². The van der Waals surface area contributed by atoms with Gasteiger partial charge in [0.25, 0.3) is 5.91 Å². The van der Waals surface area contributed by atoms with E-state index in [2.05, 4.69) is 0 Å². The largest absolute Gasteiger partial charge is 0.504 e. The molecular formula is C21H28FNO2. The highest BCUT2D eigenvalue weighted by Crippen LogP contribution is 2.28. The molecule has 0 aromatic heterocycles. The number of benzene rings is 1. The van der Waals surface area contributed by atoms with Crippen LogP contribution in [0.2, 0.25) is 0 Å². The number of hydrogen-bond acceptors (Lipinski definition) is 2. The van der Waals surface area contributed by atoms with Crippen molar-refractivity contribution in [2.24, 2.45) is 5.92 Å². The summed E-state index contributed by atoms with van der Waals surface area (Å²) in [6.07, 6.45) is 9.02. The van der Waals surface area contributed by atoms with Crippen LogP contribution in [0.15, 0.2) is 54.2 Å². The molecule has 1 aromatic carbocycles. The Morgan fingerprint density at radius 3 is 2.52 bits per heavy atom. The third-order valence-electron chi connectivity index (χ3n) is 4.67. The average molecular weight is 345 g/mol. The zero-order chi connectivity index (χ0) is 18.1. The van der Waals surface area contributed by atoms with E-state index in [9.17, 15) is 9.18 Å². The quantitative estimate of drug-likeness (QED) is 0.485. The summed E-state index contributed by atoms with van der Waals surface area (Å²) in [5.41, 5.74) is 0.884. The molecule has 0 aliphatic heterocycles. The van der Waals surface area contributed by atoms with Crippen molar-refractivity contribution >= 4 is 5.91 Å². The number of methoxy groups -OCH3 is 1. The van der Waals surface area contributed by atoms with E-state index in [1.54, 1.807) is 30.0 Å². The average Bonchev–Trinajstić information content (AvgIpc) is 2.68. The molecule has 0 saturated heterocycles. The number of rotatable bonds is 7. The lowest BCUT2D eigenvalue weighted by Crippen LogP contribution is -2.35. The summed E-state index contributed by atoms with van der Waals surface area (Å²) in [6.45, 7) is 2.30. The number of carbonyl (C=O) groups excluding carboxylic acids is 1. The van der Waals surface area contributed by atoms with Crippen LogP contribution in [0.1, 0.15) is 55.8 Å². The van der Waals surface area contributed by atoms with Crippen LogP contribution in [-0.4, -0.2) is 24.5 Å². The Balaban J connectivity index is 2.35. The molecule has 0 heterocycles. The standard InChI is InChI=1S/C21H28FNO2/c1-3-19(22)20(14-15-25-2)23(16-17-10-6-4-7-11-17)21(24)18-12-8-5-9-13-18/h5,8-9,12-15,17H,3-4,6-7,10-11,16H2,1-2H3/b15-14-,20-19-. The summed E-state index contributed by atoms with van der Waals surface area (Å²) in [4.78, 5) is 14.7. The maximum Gasteiger partial charge on any atom is 0.258 e. The molecule has 0 bridgehead atoms. The third kappa shape index (κ3) is 5.45. The SMILES string of the molecule is CC/C(F)=C(\C=C/OC)N(CC1CCCCC1)C(=O)c1ccccc1. The number of nitrogens with zero attached hydrogens (tertiary/aromatic N) is 1. The van der Waals surface area contributed by atoms with Gasteiger partial charge < -0.3 is 9.64 Å². The highest BCUT2D eigenvalue weighted by Gasteiger charge is 2.25. The van der Waals surface area contributed by atoms with Crippen molar-refractivity contribution < 1.29 is 13.9 Å². The molecule has 0 N–H and O–H groups in total. The lowest BCUT2D eigenvalue weighted by molar-refractivity contribution is 0.0773. The minimum absolute atomic E-state index is 0.162. The predicted octanol–water partition coefficient (Wildman–Crippen LogP) is 5.46. The monoisotopic (exact) mass is 345 g/mol. The van der Waals surface area contributed by atoms with E-state index in [-0.39, 0.29) is 18.2 Å². The zero-order valence-corrected chi connectivity index (χ0v) is 15.2. The molecule has 0 spiro atoms. The first-order chi connectivity index (χ1) is 12.2. The van der Waals surface area contributed by atoms with Gasteiger partial charge in [0.1, 0.15) is 5.83 Å². The first-order valence-corrected chi connectivity index (χ1v) is 9.12. The molecule has 25 heavy (non-hydrogen) atoms. The summed E-state index contributed by atoms with van der Waals surface area (Å²) < 4.78 is 19.6. The lowest BCUT2D eigenvalue weighted by Gasteiger charge is -2.31. The Labute approximate surface area is 150 Å². The minimum Gasteiger partial charge on any atom is -0.504 e. The topological polar surface area (TPSA) is 29.5 Å². The van der Waals surface area contributed by atoms with Crippen molar-refractivity contribution in [3.05, 3.63) is 59.8 Å². The molecule has 0 unspecified atom stereocenters. The second-order valence-corrected chi connectivity index (χ2v) is 6.47. The normalized spacial score (nSPS) is 16.6. The van der Waals surface area contributed by atoms with Crippen molar-refractivity contribution in [1.82, 2.24) is 4.90 Å². The molecule has 136 valence electrons. The molecule has 3 nitrogen and oxygen atoms in total. The van der Waals surface area contributed by atoms with E-state index in [1.807, 2.05) is 18.2 Å². The Bertz CT molecular complexity index is 604. The number of carbonyl (C=O) groups is 1. The van der Waals surface area contributed by atoms with Crippen LogP contribution in [0, 0.1) is 5.92 Å². The maximum absolute atomic E-state index is 14.6. The molecule has 4 heteroatoms. The molecule has 0 radical (unpaired) electrons. The van der Waals surface area contributed by atoms with Crippen LogP contribution in [0.4, 0.5) is 4.39 Å². The van der Waals surface area contributed by atoms with Crippen LogP contribution < -0.4 is 0 Å². The van der Waals surface area contributed by atoms with Crippen LogP contribution in [-0.2, 0) is 4.74 Å². The van der Waals surface area contributed by atoms with E-state index < -0.39 is 0 Å². The molecule has 0 atom stereocenters. The van der Waals surface area contributed by atoms with Gasteiger partial charge in [0.2, 0.25) is 0 Å². The Morgan fingerprint density at radius 1 is 1.24 bits per heavy atom. The Morgan fingerprint density at radius 2 is 1.92 bits per heavy atom. The maximum atomic E-state index is 14.6. The Kier molecular flexibility index (Phi) is 7.71. The van der Waals surface area contributed by atoms with Gasteiger partial charge in [0, 0.05) is 12.1 Å². The molecular weight excluding hydrogens is 317 g/mol. The highest BCUT2D eigenvalue weighted by atomic mass is 19.1. The summed E-state index contributed by atoms with van der Waals surface area (Å²) in [6, 6.07) is 9.08. The van der Waals surface area contributed by atoms with Gasteiger partial charge in [-0.2, -0.15) is 0 Å². The van der Waals surface area contributed by atoms with Gasteiger partial charge in [0.15, 0.2) is 0 Å². The summed E-state index contributed by atoms with van der Waals surface area (Å²) >= 11 is 0. The number of allylic oxidation sites excluding steroid dienone is 2. The fraction of sp³-hybridized carbons (Fsp3) is 0.476. The number of amides is 1. The third-order valence-corrected chi connectivity index (χ3v) is 4.67. The second kappa shape index (κ2) is 10.0. The number of halogens is 1. The van der Waals surface area contributed by atoms with E-state index in [1.165, 1.54) is 32.6 Å². The lowest BCUT2D eigenvalue weighted by atomic mass is 9.88. The predicted molar refractivity (Wildman–Crippen MR) is 98.6 cm³/mol. The first kappa shape index (κ1) is 19.2. The van der Waals surface area contributed by atoms with Crippen molar-refractivity contribution in [1.29, 1.82) is 0 Å². The summed E-state index contributed by atoms with van der Waals surface area (Å²) in [7, 11) is 1.52. The zero-order valence-electron chi connectivity index (χ0n) is 15.2. The fourth-order valence-corrected chi connectivity index (χ4v) is 3.30. The van der Waals surface area contributed by atoms with E-state index in [0.29, 0.717) is 23.7 Å². The van der Waals surface area contributed by atoms with Crippen LogP contribution >= 0.6 is 0 Å². The number of hydrogen-bond donors (Lipinski definition) is 0. The highest BCUT2D eigenvalue weighted by molar-refractivity contribution is 5.95. The molecule has 1 aliphatic rings. The minimum atomic E-state index is -0.298. The second-order valence-electron chi connectivity index (χ2n) is 6.47. The summed E-state index contributed by atoms with van der Waals surface area (Å²) in [5, 5.41) is 0. The molecule has 1 fully saturated rings. The van der Waals surface area contributed by atoms with Crippen molar-refractivity contribution in [3.8, 4) is 0 Å². The van der Waals surface area contributed by atoms with Gasteiger partial charge in [-0.05, 0) is 43.4 Å². The number of ether oxygens (including phenoxy) is 1. The van der Waals surface area contributed by atoms with Crippen molar-refractivity contribution in [3.63, 3.8) is 0 Å². The van der Waals surface area contributed by atoms with Crippen molar-refractivity contribution in [2.75, 3.05) is 13.7 Å². The van der Waals surface area contributed by atoms with Gasteiger partial charge in [-0.3, -0.25) is 4.79 Å². The van der Waals surface area contributed by atoms with Gasteiger partial charge in [-0.25, -0.2) is 4.39 Å².